The lowest BCUT2D eigenvalue weighted by atomic mass is 10.3. The lowest BCUT2D eigenvalue weighted by Crippen LogP contribution is -2.30. The first kappa shape index (κ1) is 16.1. The Morgan fingerprint density at radius 1 is 1.18 bits per heavy atom. The molecule has 0 fully saturated rings. The molecule has 0 saturated carbocycles. The second-order valence-electron chi connectivity index (χ2n) is 4.31. The maximum absolute atomic E-state index is 12.0. The van der Waals surface area contributed by atoms with Gasteiger partial charge in [-0.2, -0.15) is 0 Å². The predicted molar refractivity (Wildman–Crippen MR) is 82.8 cm³/mol. The summed E-state index contributed by atoms with van der Waals surface area (Å²) in [5, 5.41) is 11.9. The molecule has 0 saturated heterocycles. The highest BCUT2D eigenvalue weighted by Crippen LogP contribution is 2.29. The van der Waals surface area contributed by atoms with Gasteiger partial charge in [0.25, 0.3) is 5.56 Å². The Morgan fingerprint density at radius 3 is 2.59 bits per heavy atom. The molecule has 1 amide bonds. The summed E-state index contributed by atoms with van der Waals surface area (Å²) in [6, 6.07) is 7.29. The maximum atomic E-state index is 12.0. The molecule has 2 N–H and O–H groups in total. The number of carboxylic acids is 1. The van der Waals surface area contributed by atoms with Gasteiger partial charge in [-0.1, -0.05) is 29.3 Å². The number of carbonyl (C=O) groups is 2. The summed E-state index contributed by atoms with van der Waals surface area (Å²) in [6.07, 6.45) is 1.33. The lowest BCUT2D eigenvalue weighted by Gasteiger charge is -2.09. The second kappa shape index (κ2) is 6.64. The SMILES string of the molecule is O=C(Cn1cccc(C(=O)O)c1=O)Nc1cccc(Cl)c1Cl. The zero-order valence-corrected chi connectivity index (χ0v) is 12.6. The van der Waals surface area contributed by atoms with E-state index in [2.05, 4.69) is 5.32 Å². The summed E-state index contributed by atoms with van der Waals surface area (Å²) in [4.78, 5) is 34.7. The monoisotopic (exact) mass is 340 g/mol. The van der Waals surface area contributed by atoms with E-state index in [1.807, 2.05) is 0 Å². The number of carbonyl (C=O) groups excluding carboxylic acids is 1. The van der Waals surface area contributed by atoms with Crippen LogP contribution in [0.25, 0.3) is 0 Å². The minimum atomic E-state index is -1.35. The molecule has 0 aliphatic rings. The van der Waals surface area contributed by atoms with Crippen molar-refractivity contribution in [3.8, 4) is 0 Å². The summed E-state index contributed by atoms with van der Waals surface area (Å²) in [6.45, 7) is -0.344. The number of hydrogen-bond acceptors (Lipinski definition) is 3. The standard InChI is InChI=1S/C14H10Cl2N2O4/c15-9-4-1-5-10(12(9)16)17-11(19)7-18-6-2-3-8(13(18)20)14(21)22/h1-6H,7H2,(H,17,19)(H,21,22). The largest absolute Gasteiger partial charge is 0.477 e. The quantitative estimate of drug-likeness (QED) is 0.894. The summed E-state index contributed by atoms with van der Waals surface area (Å²) in [7, 11) is 0. The average Bonchev–Trinajstić information content (AvgIpc) is 2.46. The Hall–Kier alpha value is -2.31. The molecule has 0 spiro atoms. The van der Waals surface area contributed by atoms with Crippen LogP contribution in [-0.4, -0.2) is 21.6 Å². The topological polar surface area (TPSA) is 88.4 Å². The third-order valence-electron chi connectivity index (χ3n) is 2.79. The van der Waals surface area contributed by atoms with Crippen molar-refractivity contribution in [2.75, 3.05) is 5.32 Å². The van der Waals surface area contributed by atoms with Gasteiger partial charge < -0.3 is 15.0 Å². The zero-order valence-electron chi connectivity index (χ0n) is 11.0. The van der Waals surface area contributed by atoms with Crippen molar-refractivity contribution >= 4 is 40.8 Å². The van der Waals surface area contributed by atoms with Crippen molar-refractivity contribution in [1.29, 1.82) is 0 Å². The van der Waals surface area contributed by atoms with Crippen LogP contribution in [0.3, 0.4) is 0 Å². The fourth-order valence-corrected chi connectivity index (χ4v) is 2.12. The van der Waals surface area contributed by atoms with Gasteiger partial charge in [-0.25, -0.2) is 4.79 Å². The first-order valence-electron chi connectivity index (χ1n) is 6.06. The van der Waals surface area contributed by atoms with Crippen molar-refractivity contribution in [2.24, 2.45) is 0 Å². The van der Waals surface area contributed by atoms with Crippen LogP contribution in [0.1, 0.15) is 10.4 Å². The number of anilines is 1. The number of rotatable bonds is 4. The highest BCUT2D eigenvalue weighted by molar-refractivity contribution is 6.43. The Balaban J connectivity index is 2.20. The number of amides is 1. The molecule has 1 aromatic heterocycles. The van der Waals surface area contributed by atoms with E-state index >= 15 is 0 Å². The van der Waals surface area contributed by atoms with Gasteiger partial charge in [-0.15, -0.1) is 0 Å². The normalized spacial score (nSPS) is 10.3. The van der Waals surface area contributed by atoms with Gasteiger partial charge in [0.2, 0.25) is 5.91 Å². The molecule has 114 valence electrons. The van der Waals surface area contributed by atoms with E-state index < -0.39 is 23.0 Å². The van der Waals surface area contributed by atoms with Crippen LogP contribution < -0.4 is 10.9 Å². The highest BCUT2D eigenvalue weighted by atomic mass is 35.5. The molecule has 0 aliphatic heterocycles. The van der Waals surface area contributed by atoms with Crippen LogP contribution in [0.5, 0.6) is 0 Å². The van der Waals surface area contributed by atoms with Crippen LogP contribution in [0, 0.1) is 0 Å². The highest BCUT2D eigenvalue weighted by Gasteiger charge is 2.13. The number of halogens is 2. The van der Waals surface area contributed by atoms with Crippen LogP contribution in [0.2, 0.25) is 10.0 Å². The molecule has 8 heteroatoms. The first-order chi connectivity index (χ1) is 10.4. The van der Waals surface area contributed by atoms with Gasteiger partial charge >= 0.3 is 5.97 Å². The number of pyridine rings is 1. The molecule has 22 heavy (non-hydrogen) atoms. The van der Waals surface area contributed by atoms with Crippen LogP contribution in [0.4, 0.5) is 5.69 Å². The predicted octanol–water partition coefficient (Wildman–Crippen LogP) is 2.49. The molecule has 0 aliphatic carbocycles. The van der Waals surface area contributed by atoms with E-state index in [0.717, 1.165) is 4.57 Å². The average molecular weight is 341 g/mol. The molecular weight excluding hydrogens is 331 g/mol. The summed E-state index contributed by atoms with van der Waals surface area (Å²) < 4.78 is 0.997. The number of benzene rings is 1. The third-order valence-corrected chi connectivity index (χ3v) is 3.61. The number of nitrogens with one attached hydrogen (secondary N) is 1. The van der Waals surface area contributed by atoms with Gasteiger partial charge in [0.15, 0.2) is 0 Å². The number of hydrogen-bond donors (Lipinski definition) is 2. The van der Waals surface area contributed by atoms with Crippen molar-refractivity contribution in [1.82, 2.24) is 4.57 Å². The van der Waals surface area contributed by atoms with E-state index in [9.17, 15) is 14.4 Å². The summed E-state index contributed by atoms with van der Waals surface area (Å²) in [5.41, 5.74) is -0.861. The van der Waals surface area contributed by atoms with Crippen LogP contribution in [0.15, 0.2) is 41.3 Å². The summed E-state index contributed by atoms with van der Waals surface area (Å²) in [5.74, 6) is -1.88. The molecule has 2 rings (SSSR count). The molecule has 1 heterocycles. The number of nitrogens with zero attached hydrogens (tertiary/aromatic N) is 1. The lowest BCUT2D eigenvalue weighted by molar-refractivity contribution is -0.116. The van der Waals surface area contributed by atoms with Crippen molar-refractivity contribution < 1.29 is 14.7 Å². The van der Waals surface area contributed by atoms with E-state index in [0.29, 0.717) is 5.69 Å². The smallest absolute Gasteiger partial charge is 0.341 e. The summed E-state index contributed by atoms with van der Waals surface area (Å²) >= 11 is 11.8. The van der Waals surface area contributed by atoms with Crippen LogP contribution >= 0.6 is 23.2 Å². The maximum Gasteiger partial charge on any atom is 0.341 e. The van der Waals surface area contributed by atoms with Crippen molar-refractivity contribution in [3.63, 3.8) is 0 Å². The third kappa shape index (κ3) is 3.47. The Morgan fingerprint density at radius 2 is 1.91 bits per heavy atom. The number of carboxylic acid groups (broad SMARTS) is 1. The van der Waals surface area contributed by atoms with Crippen molar-refractivity contribution in [3.05, 3.63) is 62.5 Å². The Labute approximate surface area is 134 Å². The van der Waals surface area contributed by atoms with Gasteiger partial charge in [0.05, 0.1) is 15.7 Å². The van der Waals surface area contributed by atoms with Gasteiger partial charge in [-0.3, -0.25) is 9.59 Å². The molecule has 2 aromatic rings. The van der Waals surface area contributed by atoms with Gasteiger partial charge in [-0.05, 0) is 24.3 Å². The molecule has 0 atom stereocenters. The van der Waals surface area contributed by atoms with Crippen LogP contribution in [-0.2, 0) is 11.3 Å². The molecule has 6 nitrogen and oxygen atoms in total. The minimum Gasteiger partial charge on any atom is -0.477 e. The zero-order chi connectivity index (χ0) is 16.3. The van der Waals surface area contributed by atoms with Gasteiger partial charge in [0.1, 0.15) is 12.1 Å². The van der Waals surface area contributed by atoms with E-state index in [1.165, 1.54) is 18.3 Å². The molecule has 0 bridgehead atoms. The van der Waals surface area contributed by atoms with E-state index in [1.54, 1.807) is 18.2 Å². The molecule has 0 radical (unpaired) electrons. The Kier molecular flexibility index (Phi) is 4.85. The fraction of sp³-hybridized carbons (Fsp3) is 0.0714. The second-order valence-corrected chi connectivity index (χ2v) is 5.09. The van der Waals surface area contributed by atoms with Gasteiger partial charge in [0, 0.05) is 6.20 Å². The number of aromatic carboxylic acids is 1. The number of aromatic nitrogens is 1. The molecule has 0 unspecified atom stereocenters. The minimum absolute atomic E-state index is 0.184. The van der Waals surface area contributed by atoms with Crippen molar-refractivity contribution in [2.45, 2.75) is 6.54 Å². The fourth-order valence-electron chi connectivity index (χ4n) is 1.77. The van der Waals surface area contributed by atoms with E-state index in [-0.39, 0.29) is 16.6 Å². The molecule has 1 aromatic carbocycles. The Bertz CT molecular complexity index is 802. The van der Waals surface area contributed by atoms with E-state index in [4.69, 9.17) is 28.3 Å². The first-order valence-corrected chi connectivity index (χ1v) is 6.82. The molecular formula is C14H10Cl2N2O4.